The lowest BCUT2D eigenvalue weighted by Gasteiger charge is -2.33. The molecule has 1 N–H and O–H groups in total. The SMILES string of the molecule is Cc1nn(C)c(C)c1C(NC=O)c1ccc(N2CCO[C@H](C)C2)cc1F. The van der Waals surface area contributed by atoms with Crippen LogP contribution < -0.4 is 10.2 Å². The van der Waals surface area contributed by atoms with Crippen molar-refractivity contribution in [2.24, 2.45) is 7.05 Å². The van der Waals surface area contributed by atoms with E-state index < -0.39 is 6.04 Å². The van der Waals surface area contributed by atoms with Crippen molar-refractivity contribution in [1.82, 2.24) is 15.1 Å². The van der Waals surface area contributed by atoms with Crippen LogP contribution >= 0.6 is 0 Å². The molecule has 1 unspecified atom stereocenters. The van der Waals surface area contributed by atoms with Gasteiger partial charge in [0.25, 0.3) is 0 Å². The van der Waals surface area contributed by atoms with Crippen molar-refractivity contribution in [2.45, 2.75) is 32.9 Å². The Balaban J connectivity index is 1.96. The van der Waals surface area contributed by atoms with Crippen molar-refractivity contribution in [3.8, 4) is 0 Å². The molecule has 1 fully saturated rings. The number of hydrogen-bond donors (Lipinski definition) is 1. The van der Waals surface area contributed by atoms with Crippen LogP contribution in [0.25, 0.3) is 0 Å². The molecule has 0 spiro atoms. The summed E-state index contributed by atoms with van der Waals surface area (Å²) >= 11 is 0. The highest BCUT2D eigenvalue weighted by atomic mass is 19.1. The molecule has 1 amide bonds. The van der Waals surface area contributed by atoms with E-state index in [4.69, 9.17) is 4.74 Å². The van der Waals surface area contributed by atoms with Crippen LogP contribution in [0.4, 0.5) is 10.1 Å². The maximum atomic E-state index is 15.0. The third kappa shape index (κ3) is 3.44. The molecule has 140 valence electrons. The molecular formula is C19H25FN4O2. The minimum Gasteiger partial charge on any atom is -0.375 e. The second kappa shape index (κ2) is 7.45. The van der Waals surface area contributed by atoms with E-state index in [0.717, 1.165) is 35.7 Å². The lowest BCUT2D eigenvalue weighted by atomic mass is 9.96. The second-order valence-electron chi connectivity index (χ2n) is 6.76. The van der Waals surface area contributed by atoms with Crippen molar-refractivity contribution < 1.29 is 13.9 Å². The van der Waals surface area contributed by atoms with Gasteiger partial charge in [-0.25, -0.2) is 4.39 Å². The van der Waals surface area contributed by atoms with Gasteiger partial charge in [-0.3, -0.25) is 9.48 Å². The fourth-order valence-electron chi connectivity index (χ4n) is 3.60. The van der Waals surface area contributed by atoms with E-state index in [1.54, 1.807) is 10.7 Å². The predicted molar refractivity (Wildman–Crippen MR) is 97.8 cm³/mol. The zero-order chi connectivity index (χ0) is 18.8. The standard InChI is InChI=1S/C19H25FN4O2/c1-12-10-24(7-8-26-12)15-5-6-16(17(20)9-15)19(21-11-25)18-13(2)22-23(4)14(18)3/h5-6,9,11-12,19H,7-8,10H2,1-4H3,(H,21,25)/t12-,19?/m1/s1. The summed E-state index contributed by atoms with van der Waals surface area (Å²) in [5.41, 5.74) is 3.75. The van der Waals surface area contributed by atoms with Crippen molar-refractivity contribution in [3.05, 3.63) is 46.5 Å². The number of amides is 1. The molecule has 0 radical (unpaired) electrons. The summed E-state index contributed by atoms with van der Waals surface area (Å²) < 4.78 is 22.3. The number of ether oxygens (including phenoxy) is 1. The van der Waals surface area contributed by atoms with Gasteiger partial charge in [-0.05, 0) is 32.9 Å². The topological polar surface area (TPSA) is 59.4 Å². The first-order valence-corrected chi connectivity index (χ1v) is 8.78. The van der Waals surface area contributed by atoms with Crippen molar-refractivity contribution in [3.63, 3.8) is 0 Å². The Morgan fingerprint density at radius 3 is 2.77 bits per heavy atom. The number of carbonyl (C=O) groups excluding carboxylic acids is 1. The first-order chi connectivity index (χ1) is 12.4. The lowest BCUT2D eigenvalue weighted by Crippen LogP contribution is -2.41. The number of nitrogens with zero attached hydrogens (tertiary/aromatic N) is 3. The summed E-state index contributed by atoms with van der Waals surface area (Å²) in [6, 6.07) is 4.61. The third-order valence-electron chi connectivity index (χ3n) is 4.99. The number of aryl methyl sites for hydroxylation is 2. The van der Waals surface area contributed by atoms with E-state index in [9.17, 15) is 9.18 Å². The van der Waals surface area contributed by atoms with Crippen molar-refractivity contribution in [2.75, 3.05) is 24.6 Å². The number of halogens is 1. The van der Waals surface area contributed by atoms with E-state index in [0.29, 0.717) is 18.6 Å². The fourth-order valence-corrected chi connectivity index (χ4v) is 3.60. The van der Waals surface area contributed by atoms with Gasteiger partial charge in [-0.1, -0.05) is 6.07 Å². The lowest BCUT2D eigenvalue weighted by molar-refractivity contribution is -0.110. The van der Waals surface area contributed by atoms with E-state index in [2.05, 4.69) is 15.3 Å². The minimum absolute atomic E-state index is 0.122. The van der Waals surface area contributed by atoms with Crippen molar-refractivity contribution in [1.29, 1.82) is 0 Å². The Bertz CT molecular complexity index is 805. The van der Waals surface area contributed by atoms with Gasteiger partial charge in [-0.15, -0.1) is 0 Å². The van der Waals surface area contributed by atoms with Gasteiger partial charge in [0.1, 0.15) is 5.82 Å². The molecule has 7 heteroatoms. The highest BCUT2D eigenvalue weighted by Crippen LogP contribution is 2.31. The molecule has 2 aromatic rings. The number of anilines is 1. The monoisotopic (exact) mass is 360 g/mol. The van der Waals surface area contributed by atoms with Crippen LogP contribution in [0.1, 0.15) is 35.5 Å². The molecule has 0 bridgehead atoms. The molecule has 1 aromatic carbocycles. The first-order valence-electron chi connectivity index (χ1n) is 8.78. The Labute approximate surface area is 152 Å². The van der Waals surface area contributed by atoms with E-state index in [1.165, 1.54) is 6.07 Å². The molecule has 1 aromatic heterocycles. The molecule has 2 atom stereocenters. The van der Waals surface area contributed by atoms with Crippen LogP contribution in [0.2, 0.25) is 0 Å². The van der Waals surface area contributed by atoms with Gasteiger partial charge in [0.2, 0.25) is 6.41 Å². The summed E-state index contributed by atoms with van der Waals surface area (Å²) in [7, 11) is 1.84. The number of rotatable bonds is 5. The number of nitrogens with one attached hydrogen (secondary N) is 1. The molecule has 0 aliphatic carbocycles. The van der Waals surface area contributed by atoms with E-state index in [1.807, 2.05) is 33.9 Å². The summed E-state index contributed by atoms with van der Waals surface area (Å²) in [6.45, 7) is 7.89. The number of morpholine rings is 1. The predicted octanol–water partition coefficient (Wildman–Crippen LogP) is 2.24. The highest BCUT2D eigenvalue weighted by molar-refractivity contribution is 5.54. The maximum Gasteiger partial charge on any atom is 0.207 e. The largest absolute Gasteiger partial charge is 0.375 e. The Morgan fingerprint density at radius 1 is 1.42 bits per heavy atom. The third-order valence-corrected chi connectivity index (χ3v) is 4.99. The summed E-state index contributed by atoms with van der Waals surface area (Å²) in [6.07, 6.45) is 0.727. The number of aromatic nitrogens is 2. The van der Waals surface area contributed by atoms with Crippen molar-refractivity contribution >= 4 is 12.1 Å². The number of hydrogen-bond acceptors (Lipinski definition) is 4. The first kappa shape index (κ1) is 18.4. The van der Waals surface area contributed by atoms with Gasteiger partial charge in [-0.2, -0.15) is 5.10 Å². The summed E-state index contributed by atoms with van der Waals surface area (Å²) in [4.78, 5) is 13.3. The number of carbonyl (C=O) groups is 1. The van der Waals surface area contributed by atoms with Gasteiger partial charge < -0.3 is 15.0 Å². The van der Waals surface area contributed by atoms with Crippen LogP contribution in [0.15, 0.2) is 18.2 Å². The smallest absolute Gasteiger partial charge is 0.207 e. The zero-order valence-corrected chi connectivity index (χ0v) is 15.6. The molecule has 2 heterocycles. The van der Waals surface area contributed by atoms with E-state index >= 15 is 0 Å². The van der Waals surface area contributed by atoms with Crippen LogP contribution in [0.3, 0.4) is 0 Å². The van der Waals surface area contributed by atoms with Crippen LogP contribution in [0, 0.1) is 19.7 Å². The highest BCUT2D eigenvalue weighted by Gasteiger charge is 2.25. The number of benzene rings is 1. The molecular weight excluding hydrogens is 335 g/mol. The average molecular weight is 360 g/mol. The van der Waals surface area contributed by atoms with E-state index in [-0.39, 0.29) is 11.9 Å². The summed E-state index contributed by atoms with van der Waals surface area (Å²) in [5.74, 6) is -0.344. The molecule has 1 aliphatic rings. The Hall–Kier alpha value is -2.41. The second-order valence-corrected chi connectivity index (χ2v) is 6.76. The molecule has 1 saturated heterocycles. The van der Waals surface area contributed by atoms with Crippen LogP contribution in [0.5, 0.6) is 0 Å². The Morgan fingerprint density at radius 2 is 2.19 bits per heavy atom. The Kier molecular flexibility index (Phi) is 5.27. The molecule has 6 nitrogen and oxygen atoms in total. The van der Waals surface area contributed by atoms with Gasteiger partial charge in [0.15, 0.2) is 0 Å². The normalized spacial score (nSPS) is 18.7. The molecule has 3 rings (SSSR count). The molecule has 1 aliphatic heterocycles. The fraction of sp³-hybridized carbons (Fsp3) is 0.474. The molecule has 26 heavy (non-hydrogen) atoms. The maximum absolute atomic E-state index is 15.0. The zero-order valence-electron chi connectivity index (χ0n) is 15.6. The minimum atomic E-state index is -0.570. The van der Waals surface area contributed by atoms with Gasteiger partial charge >= 0.3 is 0 Å². The van der Waals surface area contributed by atoms with Crippen LogP contribution in [-0.4, -0.2) is 42.0 Å². The molecule has 0 saturated carbocycles. The van der Waals surface area contributed by atoms with Gasteiger partial charge in [0.05, 0.1) is 24.4 Å². The average Bonchev–Trinajstić information content (AvgIpc) is 2.85. The van der Waals surface area contributed by atoms with Crippen LogP contribution in [-0.2, 0) is 16.6 Å². The summed E-state index contributed by atoms with van der Waals surface area (Å²) in [5, 5.41) is 7.13. The van der Waals surface area contributed by atoms with Gasteiger partial charge in [0, 0.05) is 42.6 Å². The quantitative estimate of drug-likeness (QED) is 0.831.